The molecule has 38 heavy (non-hydrogen) atoms. The molecule has 206 valence electrons. The summed E-state index contributed by atoms with van der Waals surface area (Å²) < 4.78 is 47.7. The van der Waals surface area contributed by atoms with Crippen molar-refractivity contribution < 1.29 is 27.5 Å². The molecule has 2 heterocycles. The fourth-order valence-corrected chi connectivity index (χ4v) is 5.21. The number of hydrogen-bond donors (Lipinski definition) is 1. The fraction of sp³-hybridized carbons (Fsp3) is 0.536. The maximum absolute atomic E-state index is 14.2. The number of carbonyl (C=O) groups is 2. The maximum atomic E-state index is 14.2. The Labute approximate surface area is 221 Å². The van der Waals surface area contributed by atoms with Gasteiger partial charge in [0.1, 0.15) is 11.4 Å². The van der Waals surface area contributed by atoms with Crippen LogP contribution in [0.3, 0.4) is 0 Å². The van der Waals surface area contributed by atoms with Crippen molar-refractivity contribution in [1.82, 2.24) is 14.8 Å². The van der Waals surface area contributed by atoms with Gasteiger partial charge in [0, 0.05) is 43.4 Å². The number of nitrogens with zero attached hydrogens (tertiary/aromatic N) is 3. The number of anilines is 1. The third-order valence-electron chi connectivity index (χ3n) is 7.36. The number of rotatable bonds is 5. The first-order valence-corrected chi connectivity index (χ1v) is 12.7. The molecule has 1 aliphatic heterocycles. The van der Waals surface area contributed by atoms with E-state index in [2.05, 4.69) is 36.3 Å². The van der Waals surface area contributed by atoms with E-state index in [9.17, 15) is 22.8 Å². The van der Waals surface area contributed by atoms with E-state index < -0.39 is 35.7 Å². The van der Waals surface area contributed by atoms with E-state index in [1.807, 2.05) is 12.1 Å². The van der Waals surface area contributed by atoms with Gasteiger partial charge in [0.05, 0.1) is 5.92 Å². The summed E-state index contributed by atoms with van der Waals surface area (Å²) >= 11 is 0. The zero-order valence-electron chi connectivity index (χ0n) is 22.6. The molecule has 0 bridgehead atoms. The molecule has 10 heteroatoms. The normalized spacial score (nSPS) is 19.8. The highest BCUT2D eigenvalue weighted by Gasteiger charge is 2.48. The summed E-state index contributed by atoms with van der Waals surface area (Å²) in [5.41, 5.74) is 1.48. The highest BCUT2D eigenvalue weighted by atomic mass is 19.4. The number of pyridine rings is 1. The first-order chi connectivity index (χ1) is 17.6. The lowest BCUT2D eigenvalue weighted by Crippen LogP contribution is -2.57. The SMILES string of the molecule is CN(C(=O)C1CN(C(=O)OC(C)(C)C)C1)C(c1ccc(NC2Cc3ccccc3C2(C)C)nc1)C(F)(F)F. The van der Waals surface area contributed by atoms with Gasteiger partial charge in [-0.3, -0.25) is 4.79 Å². The third-order valence-corrected chi connectivity index (χ3v) is 7.36. The van der Waals surface area contributed by atoms with Crippen LogP contribution in [0.4, 0.5) is 23.8 Å². The number of hydrogen-bond acceptors (Lipinski definition) is 5. The van der Waals surface area contributed by atoms with E-state index in [0.717, 1.165) is 13.5 Å². The molecule has 1 saturated heterocycles. The van der Waals surface area contributed by atoms with Crippen molar-refractivity contribution >= 4 is 17.8 Å². The van der Waals surface area contributed by atoms with Gasteiger partial charge in [-0.2, -0.15) is 13.2 Å². The number of carbonyl (C=O) groups excluding carboxylic acids is 2. The summed E-state index contributed by atoms with van der Waals surface area (Å²) in [6.07, 6.45) is -3.33. The first kappa shape index (κ1) is 27.7. The second-order valence-electron chi connectivity index (χ2n) is 11.7. The van der Waals surface area contributed by atoms with Crippen LogP contribution in [-0.4, -0.2) is 64.7 Å². The van der Waals surface area contributed by atoms with Gasteiger partial charge < -0.3 is 19.9 Å². The Hall–Kier alpha value is -3.30. The Bertz CT molecular complexity index is 1190. The fourth-order valence-electron chi connectivity index (χ4n) is 5.21. The van der Waals surface area contributed by atoms with Crippen LogP contribution in [0.15, 0.2) is 42.6 Å². The lowest BCUT2D eigenvalue weighted by molar-refractivity contribution is -0.192. The van der Waals surface area contributed by atoms with Crippen LogP contribution in [0.5, 0.6) is 0 Å². The number of halogens is 3. The first-order valence-electron chi connectivity index (χ1n) is 12.7. The summed E-state index contributed by atoms with van der Waals surface area (Å²) in [5.74, 6) is -0.932. The van der Waals surface area contributed by atoms with Crippen molar-refractivity contribution in [3.63, 3.8) is 0 Å². The second kappa shape index (κ2) is 9.78. The number of ether oxygens (including phenoxy) is 1. The number of amides is 2. The van der Waals surface area contributed by atoms with Crippen molar-refractivity contribution in [3.8, 4) is 0 Å². The molecule has 7 nitrogen and oxygen atoms in total. The Balaban J connectivity index is 1.43. The van der Waals surface area contributed by atoms with Gasteiger partial charge in [-0.25, -0.2) is 9.78 Å². The van der Waals surface area contributed by atoms with Crippen LogP contribution < -0.4 is 5.32 Å². The second-order valence-corrected chi connectivity index (χ2v) is 11.7. The van der Waals surface area contributed by atoms with E-state index in [0.29, 0.717) is 10.7 Å². The van der Waals surface area contributed by atoms with E-state index >= 15 is 0 Å². The highest BCUT2D eigenvalue weighted by molar-refractivity contribution is 5.83. The van der Waals surface area contributed by atoms with Crippen molar-refractivity contribution in [1.29, 1.82) is 0 Å². The van der Waals surface area contributed by atoms with Crippen molar-refractivity contribution in [2.75, 3.05) is 25.5 Å². The molecule has 0 spiro atoms. The Morgan fingerprint density at radius 3 is 2.34 bits per heavy atom. The zero-order chi connectivity index (χ0) is 28.0. The highest BCUT2D eigenvalue weighted by Crippen LogP contribution is 2.41. The zero-order valence-corrected chi connectivity index (χ0v) is 22.6. The van der Waals surface area contributed by atoms with Crippen molar-refractivity contribution in [2.45, 2.75) is 70.3 Å². The molecule has 2 amide bonds. The largest absolute Gasteiger partial charge is 0.444 e. The van der Waals surface area contributed by atoms with Gasteiger partial charge in [-0.05, 0) is 44.4 Å². The third kappa shape index (κ3) is 5.59. The van der Waals surface area contributed by atoms with E-state index in [-0.39, 0.29) is 30.1 Å². The van der Waals surface area contributed by atoms with Gasteiger partial charge in [0.15, 0.2) is 6.04 Å². The molecular weight excluding hydrogens is 497 g/mol. The van der Waals surface area contributed by atoms with Gasteiger partial charge >= 0.3 is 12.3 Å². The average molecular weight is 533 g/mol. The molecule has 1 aromatic carbocycles. The van der Waals surface area contributed by atoms with Gasteiger partial charge in [0.25, 0.3) is 0 Å². The quantitative estimate of drug-likeness (QED) is 0.564. The maximum Gasteiger partial charge on any atom is 0.413 e. The predicted octanol–water partition coefficient (Wildman–Crippen LogP) is 5.32. The molecule has 2 aliphatic rings. The minimum Gasteiger partial charge on any atom is -0.444 e. The van der Waals surface area contributed by atoms with Gasteiger partial charge in [-0.1, -0.05) is 44.2 Å². The van der Waals surface area contributed by atoms with E-state index in [1.54, 1.807) is 20.8 Å². The minimum absolute atomic E-state index is 0.0172. The molecule has 1 N–H and O–H groups in total. The molecule has 1 fully saturated rings. The lowest BCUT2D eigenvalue weighted by atomic mass is 9.83. The summed E-state index contributed by atoms with van der Waals surface area (Å²) in [5, 5.41) is 3.38. The summed E-state index contributed by atoms with van der Waals surface area (Å²) in [6.45, 7) is 9.46. The number of likely N-dealkylation sites (tertiary alicyclic amines) is 1. The summed E-state index contributed by atoms with van der Waals surface area (Å²) in [4.78, 5) is 31.4. The number of aromatic nitrogens is 1. The van der Waals surface area contributed by atoms with Crippen molar-refractivity contribution in [3.05, 3.63) is 59.3 Å². The topological polar surface area (TPSA) is 74.8 Å². The van der Waals surface area contributed by atoms with E-state index in [1.165, 1.54) is 34.4 Å². The molecular formula is C28H35F3N4O3. The molecule has 2 aromatic rings. The van der Waals surface area contributed by atoms with Gasteiger partial charge in [-0.15, -0.1) is 0 Å². The molecule has 0 radical (unpaired) electrons. The number of benzene rings is 1. The molecule has 2 atom stereocenters. The standard InChI is InChI=1S/C28H35F3N4O3/c1-26(2,3)38-25(37)35-15-19(16-35)24(36)34(6)23(28(29,30)31)18-11-12-22(32-14-18)33-21-13-17-9-7-8-10-20(17)27(21,4)5/h7-12,14,19,21,23H,13,15-16H2,1-6H3,(H,32,33). The number of alkyl halides is 3. The van der Waals surface area contributed by atoms with Crippen LogP contribution in [0.25, 0.3) is 0 Å². The smallest absolute Gasteiger partial charge is 0.413 e. The molecule has 4 rings (SSSR count). The molecule has 0 saturated carbocycles. The van der Waals surface area contributed by atoms with Crippen molar-refractivity contribution in [2.24, 2.45) is 5.92 Å². The van der Waals surface area contributed by atoms with E-state index in [4.69, 9.17) is 4.74 Å². The molecule has 2 unspecified atom stereocenters. The minimum atomic E-state index is -4.70. The van der Waals surface area contributed by atoms with Gasteiger partial charge in [0.2, 0.25) is 5.91 Å². The Kier molecular flexibility index (Phi) is 7.14. The van der Waals surface area contributed by atoms with Crippen LogP contribution >= 0.6 is 0 Å². The average Bonchev–Trinajstić information content (AvgIpc) is 3.01. The van der Waals surface area contributed by atoms with Crippen LogP contribution in [0.2, 0.25) is 0 Å². The predicted molar refractivity (Wildman–Crippen MR) is 138 cm³/mol. The lowest BCUT2D eigenvalue weighted by Gasteiger charge is -2.41. The number of nitrogens with one attached hydrogen (secondary N) is 1. The van der Waals surface area contributed by atoms with Crippen LogP contribution in [0, 0.1) is 5.92 Å². The molecule has 1 aliphatic carbocycles. The summed E-state index contributed by atoms with van der Waals surface area (Å²) in [7, 11) is 1.14. The molecule has 1 aromatic heterocycles. The number of fused-ring (bicyclic) bond motifs is 1. The van der Waals surface area contributed by atoms with Crippen LogP contribution in [-0.2, 0) is 21.4 Å². The Morgan fingerprint density at radius 1 is 1.13 bits per heavy atom. The van der Waals surface area contributed by atoms with Crippen LogP contribution in [0.1, 0.15) is 57.4 Å². The monoisotopic (exact) mass is 532 g/mol. The Morgan fingerprint density at radius 2 is 1.79 bits per heavy atom. The summed E-state index contributed by atoms with van der Waals surface area (Å²) in [6, 6.07) is 8.96.